The summed E-state index contributed by atoms with van der Waals surface area (Å²) in [5.41, 5.74) is 7.02. The Bertz CT molecular complexity index is 1260. The normalized spacial score (nSPS) is 14.9. The zero-order chi connectivity index (χ0) is 23.4. The highest BCUT2D eigenvalue weighted by Crippen LogP contribution is 2.28. The first-order valence-corrected chi connectivity index (χ1v) is 11.7. The Balaban J connectivity index is 1.41. The van der Waals surface area contributed by atoms with Crippen LogP contribution >= 0.6 is 0 Å². The molecule has 1 fully saturated rings. The van der Waals surface area contributed by atoms with Gasteiger partial charge in [-0.1, -0.05) is 0 Å². The smallest absolute Gasteiger partial charge is 0.338 e. The zero-order valence-electron chi connectivity index (χ0n) is 18.0. The average Bonchev–Trinajstić information content (AvgIpc) is 3.26. The minimum absolute atomic E-state index is 0.0801. The molecule has 0 atom stereocenters. The number of morpholine rings is 1. The van der Waals surface area contributed by atoms with Crippen LogP contribution in [0.3, 0.4) is 0 Å². The van der Waals surface area contributed by atoms with Crippen LogP contribution in [-0.2, 0) is 26.0 Å². The van der Waals surface area contributed by atoms with E-state index in [1.165, 1.54) is 35.9 Å². The number of aromatic nitrogens is 4. The first-order valence-electron chi connectivity index (χ1n) is 10.3. The fourth-order valence-corrected chi connectivity index (χ4v) is 5.07. The number of imidazole rings is 1. The van der Waals surface area contributed by atoms with Crippen molar-refractivity contribution in [3.8, 4) is 5.75 Å². The minimum Gasteiger partial charge on any atom is -0.495 e. The monoisotopic (exact) mass is 476 g/mol. The molecule has 12 nitrogen and oxygen atoms in total. The Morgan fingerprint density at radius 1 is 1.21 bits per heavy atom. The van der Waals surface area contributed by atoms with Gasteiger partial charge >= 0.3 is 5.97 Å². The molecule has 13 heteroatoms. The molecule has 33 heavy (non-hydrogen) atoms. The van der Waals surface area contributed by atoms with Gasteiger partial charge in [0.25, 0.3) is 0 Å². The van der Waals surface area contributed by atoms with E-state index in [0.717, 1.165) is 0 Å². The molecule has 3 aromatic rings. The van der Waals surface area contributed by atoms with Crippen LogP contribution in [0.2, 0.25) is 0 Å². The molecule has 0 spiro atoms. The summed E-state index contributed by atoms with van der Waals surface area (Å²) >= 11 is 0. The molecule has 176 valence electrons. The third-order valence-electron chi connectivity index (χ3n) is 5.19. The molecule has 0 amide bonds. The number of esters is 1. The number of rotatable bonds is 8. The van der Waals surface area contributed by atoms with Crippen molar-refractivity contribution in [3.63, 3.8) is 0 Å². The Labute approximate surface area is 190 Å². The minimum atomic E-state index is -3.85. The van der Waals surface area contributed by atoms with Crippen molar-refractivity contribution in [3.05, 3.63) is 36.4 Å². The van der Waals surface area contributed by atoms with Gasteiger partial charge in [0.1, 0.15) is 22.5 Å². The second kappa shape index (κ2) is 9.68. The number of hydrogen-bond donors (Lipinski definition) is 1. The van der Waals surface area contributed by atoms with Crippen LogP contribution < -0.4 is 10.5 Å². The number of carbonyl (C=O) groups excluding carboxylic acids is 1. The van der Waals surface area contributed by atoms with Crippen LogP contribution in [0, 0.1) is 0 Å². The van der Waals surface area contributed by atoms with Gasteiger partial charge in [0.15, 0.2) is 11.5 Å². The SMILES string of the molecule is COc1ccc(C(=O)OCCCn2cnc3c(N)ncnc32)cc1S(=O)(=O)N1CCOCC1. The Morgan fingerprint density at radius 2 is 2.00 bits per heavy atom. The van der Waals surface area contributed by atoms with Crippen LogP contribution in [0.1, 0.15) is 16.8 Å². The van der Waals surface area contributed by atoms with E-state index in [0.29, 0.717) is 43.2 Å². The summed E-state index contributed by atoms with van der Waals surface area (Å²) in [7, 11) is -2.47. The Hall–Kier alpha value is -3.29. The lowest BCUT2D eigenvalue weighted by Gasteiger charge is -2.26. The molecule has 2 N–H and O–H groups in total. The van der Waals surface area contributed by atoms with Crippen molar-refractivity contribution >= 4 is 33.0 Å². The van der Waals surface area contributed by atoms with Crippen molar-refractivity contribution in [2.75, 3.05) is 45.8 Å². The predicted molar refractivity (Wildman–Crippen MR) is 117 cm³/mol. The summed E-state index contributed by atoms with van der Waals surface area (Å²) in [4.78, 5) is 24.8. The highest BCUT2D eigenvalue weighted by Gasteiger charge is 2.30. The third-order valence-corrected chi connectivity index (χ3v) is 7.11. The number of hydrogen-bond acceptors (Lipinski definition) is 10. The van der Waals surface area contributed by atoms with E-state index < -0.39 is 16.0 Å². The molecule has 1 aliphatic rings. The molecular formula is C20H24N6O6S. The van der Waals surface area contributed by atoms with Gasteiger partial charge in [-0.15, -0.1) is 0 Å². The van der Waals surface area contributed by atoms with E-state index in [9.17, 15) is 13.2 Å². The highest BCUT2D eigenvalue weighted by molar-refractivity contribution is 7.89. The molecule has 4 rings (SSSR count). The number of nitrogen functional groups attached to an aromatic ring is 1. The van der Waals surface area contributed by atoms with Crippen LogP contribution in [0.5, 0.6) is 5.75 Å². The predicted octanol–water partition coefficient (Wildman–Crippen LogP) is 0.685. The van der Waals surface area contributed by atoms with Crippen molar-refractivity contribution < 1.29 is 27.4 Å². The van der Waals surface area contributed by atoms with Gasteiger partial charge in [0.2, 0.25) is 10.0 Å². The molecule has 0 saturated carbocycles. The van der Waals surface area contributed by atoms with Gasteiger partial charge in [0.05, 0.1) is 38.8 Å². The van der Waals surface area contributed by atoms with Crippen molar-refractivity contribution in [1.82, 2.24) is 23.8 Å². The van der Waals surface area contributed by atoms with E-state index in [-0.39, 0.29) is 35.9 Å². The molecule has 3 heterocycles. The van der Waals surface area contributed by atoms with Gasteiger partial charge in [-0.05, 0) is 24.6 Å². The number of sulfonamides is 1. The molecule has 0 bridgehead atoms. The number of nitrogens with two attached hydrogens (primary N) is 1. The molecule has 1 aliphatic heterocycles. The van der Waals surface area contributed by atoms with E-state index >= 15 is 0 Å². The number of ether oxygens (including phenoxy) is 3. The molecule has 1 saturated heterocycles. The summed E-state index contributed by atoms with van der Waals surface area (Å²) in [6.45, 7) is 1.72. The quantitative estimate of drug-likeness (QED) is 0.363. The number of aryl methyl sites for hydroxylation is 1. The maximum Gasteiger partial charge on any atom is 0.338 e. The molecule has 2 aromatic heterocycles. The number of benzene rings is 1. The van der Waals surface area contributed by atoms with Crippen molar-refractivity contribution in [2.45, 2.75) is 17.9 Å². The lowest BCUT2D eigenvalue weighted by atomic mass is 10.2. The summed E-state index contributed by atoms with van der Waals surface area (Å²) < 4.78 is 45.1. The first-order chi connectivity index (χ1) is 15.9. The van der Waals surface area contributed by atoms with E-state index in [4.69, 9.17) is 19.9 Å². The van der Waals surface area contributed by atoms with Gasteiger partial charge < -0.3 is 24.5 Å². The summed E-state index contributed by atoms with van der Waals surface area (Å²) in [6, 6.07) is 4.21. The molecule has 0 aliphatic carbocycles. The summed E-state index contributed by atoms with van der Waals surface area (Å²) in [5.74, 6) is -0.169. The van der Waals surface area contributed by atoms with Crippen LogP contribution in [0.25, 0.3) is 11.2 Å². The fraction of sp³-hybridized carbons (Fsp3) is 0.400. The zero-order valence-corrected chi connectivity index (χ0v) is 18.8. The first kappa shape index (κ1) is 22.9. The van der Waals surface area contributed by atoms with Crippen LogP contribution in [0.4, 0.5) is 5.82 Å². The van der Waals surface area contributed by atoms with E-state index in [1.54, 1.807) is 10.9 Å². The lowest BCUT2D eigenvalue weighted by molar-refractivity contribution is 0.0496. The van der Waals surface area contributed by atoms with Crippen molar-refractivity contribution in [1.29, 1.82) is 0 Å². The van der Waals surface area contributed by atoms with Crippen LogP contribution in [0.15, 0.2) is 35.7 Å². The second-order valence-electron chi connectivity index (χ2n) is 7.24. The summed E-state index contributed by atoms with van der Waals surface area (Å²) in [6.07, 6.45) is 3.46. The fourth-order valence-electron chi connectivity index (χ4n) is 3.48. The topological polar surface area (TPSA) is 152 Å². The Morgan fingerprint density at radius 3 is 2.76 bits per heavy atom. The maximum absolute atomic E-state index is 13.1. The number of methoxy groups -OCH3 is 1. The molecule has 0 unspecified atom stereocenters. The maximum atomic E-state index is 13.1. The van der Waals surface area contributed by atoms with Gasteiger partial charge in [0, 0.05) is 19.6 Å². The standard InChI is InChI=1S/C20H24N6O6S/c1-30-15-4-3-14(11-16(15)33(28,29)26-6-9-31-10-7-26)20(27)32-8-2-5-25-13-24-17-18(21)22-12-23-19(17)25/h3-4,11-13H,2,5-10H2,1H3,(H2,21,22,23). The van der Waals surface area contributed by atoms with Crippen LogP contribution in [-0.4, -0.2) is 78.2 Å². The average molecular weight is 477 g/mol. The number of carbonyl (C=O) groups is 1. The Kier molecular flexibility index (Phi) is 6.72. The number of anilines is 1. The number of nitrogens with zero attached hydrogens (tertiary/aromatic N) is 5. The van der Waals surface area contributed by atoms with Gasteiger partial charge in [-0.2, -0.15) is 4.31 Å². The van der Waals surface area contributed by atoms with Crippen molar-refractivity contribution in [2.24, 2.45) is 0 Å². The highest BCUT2D eigenvalue weighted by atomic mass is 32.2. The molecule has 0 radical (unpaired) electrons. The van der Waals surface area contributed by atoms with Gasteiger partial charge in [-0.3, -0.25) is 0 Å². The number of fused-ring (bicyclic) bond motifs is 1. The third kappa shape index (κ3) is 4.74. The summed E-state index contributed by atoms with van der Waals surface area (Å²) in [5, 5.41) is 0. The largest absolute Gasteiger partial charge is 0.495 e. The lowest BCUT2D eigenvalue weighted by Crippen LogP contribution is -2.40. The molecule has 1 aromatic carbocycles. The second-order valence-corrected chi connectivity index (χ2v) is 9.15. The molecular weight excluding hydrogens is 452 g/mol. The van der Waals surface area contributed by atoms with Gasteiger partial charge in [-0.25, -0.2) is 28.2 Å². The van der Waals surface area contributed by atoms with E-state index in [2.05, 4.69) is 15.0 Å². The van der Waals surface area contributed by atoms with E-state index in [1.807, 2.05) is 0 Å².